The summed E-state index contributed by atoms with van der Waals surface area (Å²) in [6.07, 6.45) is 8.69. The molecule has 4 heteroatoms. The number of hydrogen-bond donors (Lipinski definition) is 0. The van der Waals surface area contributed by atoms with E-state index in [4.69, 9.17) is 4.98 Å². The third-order valence-electron chi connectivity index (χ3n) is 4.75. The number of aromatic nitrogens is 1. The maximum Gasteiger partial charge on any atom is 0.115 e. The van der Waals surface area contributed by atoms with Crippen LogP contribution in [0.5, 0.6) is 0 Å². The van der Waals surface area contributed by atoms with E-state index in [1.807, 2.05) is 18.2 Å². The van der Waals surface area contributed by atoms with Crippen LogP contribution in [-0.2, 0) is 12.8 Å². The highest BCUT2D eigenvalue weighted by molar-refractivity contribution is 7.99. The summed E-state index contributed by atoms with van der Waals surface area (Å²) in [4.78, 5) is 6.10. The number of nitriles is 1. The molecule has 0 atom stereocenters. The molecule has 1 aliphatic rings. The van der Waals surface area contributed by atoms with Crippen molar-refractivity contribution in [2.75, 3.05) is 5.75 Å². The van der Waals surface area contributed by atoms with E-state index in [2.05, 4.69) is 47.9 Å². The number of aryl methyl sites for hydroxylation is 1. The third kappa shape index (κ3) is 4.00. The molecule has 1 aliphatic carbocycles. The van der Waals surface area contributed by atoms with Crippen LogP contribution < -0.4 is 0 Å². The van der Waals surface area contributed by atoms with E-state index in [0.29, 0.717) is 0 Å². The van der Waals surface area contributed by atoms with Gasteiger partial charge in [0.15, 0.2) is 0 Å². The lowest BCUT2D eigenvalue weighted by Crippen LogP contribution is -2.10. The summed E-state index contributed by atoms with van der Waals surface area (Å²) in [6.45, 7) is 0. The zero-order chi connectivity index (χ0) is 18.5. The molecule has 2 aromatic heterocycles. The molecule has 0 bridgehead atoms. The Hall–Kier alpha value is -2.35. The fourth-order valence-corrected chi connectivity index (χ4v) is 5.12. The number of fused-ring (bicyclic) bond motifs is 1. The highest BCUT2D eigenvalue weighted by Gasteiger charge is 2.23. The van der Waals surface area contributed by atoms with Gasteiger partial charge in [0, 0.05) is 21.9 Å². The number of thioether (sulfide) groups is 1. The molecule has 4 rings (SSSR count). The van der Waals surface area contributed by atoms with Crippen LogP contribution in [0.1, 0.15) is 35.2 Å². The lowest BCUT2D eigenvalue weighted by atomic mass is 9.89. The summed E-state index contributed by atoms with van der Waals surface area (Å²) < 4.78 is 0. The Morgan fingerprint density at radius 2 is 1.96 bits per heavy atom. The predicted molar refractivity (Wildman–Crippen MR) is 115 cm³/mol. The van der Waals surface area contributed by atoms with Crippen molar-refractivity contribution in [1.82, 2.24) is 4.98 Å². The number of rotatable bonds is 5. The molecule has 0 fully saturated rings. The lowest BCUT2D eigenvalue weighted by Gasteiger charge is -2.21. The topological polar surface area (TPSA) is 36.7 Å². The van der Waals surface area contributed by atoms with E-state index in [9.17, 15) is 5.26 Å². The standard InChI is InChI=1S/C23H20N2S2/c24-16-19-22(21-13-7-14-26-21)18-11-4-5-12-20(18)25-23(19)27-15-6-10-17-8-2-1-3-9-17/h1-3,6-10,13-14H,4-5,11-12,15H2. The molecular weight excluding hydrogens is 368 g/mol. The number of benzene rings is 1. The average Bonchev–Trinajstić information content (AvgIpc) is 3.25. The second kappa shape index (κ2) is 8.56. The molecule has 0 saturated carbocycles. The predicted octanol–water partition coefficient (Wildman–Crippen LogP) is 6.37. The number of thiophene rings is 1. The van der Waals surface area contributed by atoms with Gasteiger partial charge in [-0.05, 0) is 48.3 Å². The maximum atomic E-state index is 9.92. The molecule has 0 saturated heterocycles. The van der Waals surface area contributed by atoms with Gasteiger partial charge in [-0.25, -0.2) is 4.98 Å². The van der Waals surface area contributed by atoms with E-state index >= 15 is 0 Å². The number of pyridine rings is 1. The van der Waals surface area contributed by atoms with Crippen LogP contribution in [0.25, 0.3) is 16.5 Å². The normalized spacial score (nSPS) is 13.4. The minimum atomic E-state index is 0.746. The fourth-order valence-electron chi connectivity index (χ4n) is 3.49. The maximum absolute atomic E-state index is 9.92. The van der Waals surface area contributed by atoms with Gasteiger partial charge in [-0.2, -0.15) is 5.26 Å². The Balaban J connectivity index is 1.65. The van der Waals surface area contributed by atoms with Gasteiger partial charge in [-0.15, -0.1) is 23.1 Å². The highest BCUT2D eigenvalue weighted by Crippen LogP contribution is 2.39. The summed E-state index contributed by atoms with van der Waals surface area (Å²) >= 11 is 3.37. The number of nitrogens with zero attached hydrogens (tertiary/aromatic N) is 2. The Kier molecular flexibility index (Phi) is 5.72. The largest absolute Gasteiger partial charge is 0.245 e. The van der Waals surface area contributed by atoms with Crippen LogP contribution in [0, 0.1) is 11.3 Å². The van der Waals surface area contributed by atoms with Crippen molar-refractivity contribution in [2.45, 2.75) is 30.7 Å². The zero-order valence-corrected chi connectivity index (χ0v) is 16.7. The monoisotopic (exact) mass is 388 g/mol. The van der Waals surface area contributed by atoms with Crippen LogP contribution in [0.2, 0.25) is 0 Å². The van der Waals surface area contributed by atoms with Crippen LogP contribution in [0.3, 0.4) is 0 Å². The molecule has 2 nitrogen and oxygen atoms in total. The first kappa shape index (κ1) is 18.0. The summed E-state index contributed by atoms with van der Waals surface area (Å²) in [5.41, 5.74) is 5.56. The molecule has 0 N–H and O–H groups in total. The van der Waals surface area contributed by atoms with Crippen molar-refractivity contribution in [3.63, 3.8) is 0 Å². The van der Waals surface area contributed by atoms with Gasteiger partial charge in [0.2, 0.25) is 0 Å². The SMILES string of the molecule is N#Cc1c(SCC=Cc2ccccc2)nc2c(c1-c1cccs1)CCCC2. The first-order chi connectivity index (χ1) is 13.4. The summed E-state index contributed by atoms with van der Waals surface area (Å²) in [6, 6.07) is 16.9. The molecule has 0 radical (unpaired) electrons. The molecule has 0 aliphatic heterocycles. The van der Waals surface area contributed by atoms with Crippen molar-refractivity contribution in [2.24, 2.45) is 0 Å². The zero-order valence-electron chi connectivity index (χ0n) is 15.0. The summed E-state index contributed by atoms with van der Waals surface area (Å²) in [5.74, 6) is 0.805. The Morgan fingerprint density at radius 3 is 2.74 bits per heavy atom. The van der Waals surface area contributed by atoms with Crippen LogP contribution in [0.15, 0.2) is 58.9 Å². The van der Waals surface area contributed by atoms with Crippen molar-refractivity contribution in [3.05, 3.63) is 76.3 Å². The Labute approximate surface area is 168 Å². The second-order valence-corrected chi connectivity index (χ2v) is 8.47. The molecule has 0 unspecified atom stereocenters. The van der Waals surface area contributed by atoms with Crippen molar-refractivity contribution in [1.29, 1.82) is 5.26 Å². The summed E-state index contributed by atoms with van der Waals surface area (Å²) in [7, 11) is 0. The second-order valence-electron chi connectivity index (χ2n) is 6.51. The Bertz CT molecular complexity index is 983. The minimum Gasteiger partial charge on any atom is -0.245 e. The van der Waals surface area contributed by atoms with E-state index in [1.54, 1.807) is 23.1 Å². The van der Waals surface area contributed by atoms with Gasteiger partial charge in [0.25, 0.3) is 0 Å². The quantitative estimate of drug-likeness (QED) is 0.477. The van der Waals surface area contributed by atoms with E-state index in [-0.39, 0.29) is 0 Å². The van der Waals surface area contributed by atoms with E-state index < -0.39 is 0 Å². The smallest absolute Gasteiger partial charge is 0.115 e. The molecule has 0 spiro atoms. The first-order valence-corrected chi connectivity index (χ1v) is 11.1. The summed E-state index contributed by atoms with van der Waals surface area (Å²) in [5, 5.41) is 12.9. The molecule has 0 amide bonds. The van der Waals surface area contributed by atoms with Crippen molar-refractivity contribution in [3.8, 4) is 16.5 Å². The first-order valence-electron chi connectivity index (χ1n) is 9.21. The fraction of sp³-hybridized carbons (Fsp3) is 0.217. The van der Waals surface area contributed by atoms with E-state index in [1.165, 1.54) is 34.5 Å². The molecule has 134 valence electrons. The van der Waals surface area contributed by atoms with Gasteiger partial charge in [-0.3, -0.25) is 0 Å². The van der Waals surface area contributed by atoms with Gasteiger partial charge < -0.3 is 0 Å². The Morgan fingerprint density at radius 1 is 1.11 bits per heavy atom. The van der Waals surface area contributed by atoms with Crippen LogP contribution >= 0.6 is 23.1 Å². The van der Waals surface area contributed by atoms with Crippen LogP contribution in [0.4, 0.5) is 0 Å². The third-order valence-corrected chi connectivity index (χ3v) is 6.56. The van der Waals surface area contributed by atoms with Crippen LogP contribution in [-0.4, -0.2) is 10.7 Å². The van der Waals surface area contributed by atoms with Gasteiger partial charge >= 0.3 is 0 Å². The van der Waals surface area contributed by atoms with Crippen molar-refractivity contribution < 1.29 is 0 Å². The molecule has 2 heterocycles. The highest BCUT2D eigenvalue weighted by atomic mass is 32.2. The van der Waals surface area contributed by atoms with E-state index in [0.717, 1.165) is 34.7 Å². The molecule has 1 aromatic carbocycles. The lowest BCUT2D eigenvalue weighted by molar-refractivity contribution is 0.661. The van der Waals surface area contributed by atoms with Gasteiger partial charge in [-0.1, -0.05) is 48.6 Å². The van der Waals surface area contributed by atoms with Crippen molar-refractivity contribution >= 4 is 29.2 Å². The van der Waals surface area contributed by atoms with Gasteiger partial charge in [0.1, 0.15) is 11.1 Å². The molecule has 27 heavy (non-hydrogen) atoms. The van der Waals surface area contributed by atoms with Gasteiger partial charge in [0.05, 0.1) is 5.56 Å². The molecule has 3 aromatic rings. The number of hydrogen-bond acceptors (Lipinski definition) is 4. The molecular formula is C23H20N2S2. The average molecular weight is 389 g/mol. The minimum absolute atomic E-state index is 0.746.